The number of aliphatic hydroxyl groups is 1. The van der Waals surface area contributed by atoms with E-state index in [4.69, 9.17) is 14.3 Å². The van der Waals surface area contributed by atoms with Crippen molar-refractivity contribution in [2.45, 2.75) is 51.0 Å². The van der Waals surface area contributed by atoms with Gasteiger partial charge in [0.1, 0.15) is 17.1 Å². The number of phenols is 1. The lowest BCUT2D eigenvalue weighted by atomic mass is 10.1. The van der Waals surface area contributed by atoms with Crippen molar-refractivity contribution in [2.24, 2.45) is 0 Å². The van der Waals surface area contributed by atoms with Gasteiger partial charge in [-0.3, -0.25) is 4.72 Å². The first-order chi connectivity index (χ1) is 21.6. The van der Waals surface area contributed by atoms with Gasteiger partial charge in [-0.1, -0.05) is 55.3 Å². The molecule has 0 saturated heterocycles. The Morgan fingerprint density at radius 1 is 0.889 bits per heavy atom. The predicted octanol–water partition coefficient (Wildman–Crippen LogP) is 6.12. The Hall–Kier alpha value is -3.90. The van der Waals surface area contributed by atoms with Crippen LogP contribution >= 0.6 is 0 Å². The number of sulfonamides is 1. The normalized spacial score (nSPS) is 12.0. The van der Waals surface area contributed by atoms with Crippen molar-refractivity contribution < 1.29 is 37.7 Å². The Morgan fingerprint density at radius 3 is 2.27 bits per heavy atom. The second-order valence-electron chi connectivity index (χ2n) is 10.8. The molecule has 1 atom stereocenters. The van der Waals surface area contributed by atoms with E-state index in [2.05, 4.69) is 22.2 Å². The average Bonchev–Trinajstić information content (AvgIpc) is 3.43. The molecule has 0 aliphatic heterocycles. The predicted molar refractivity (Wildman–Crippen MR) is 176 cm³/mol. The summed E-state index contributed by atoms with van der Waals surface area (Å²) in [6, 6.07) is 22.9. The van der Waals surface area contributed by atoms with E-state index in [1.807, 2.05) is 18.2 Å². The van der Waals surface area contributed by atoms with E-state index >= 15 is 0 Å². The zero-order valence-corrected chi connectivity index (χ0v) is 26.5. The highest BCUT2D eigenvalue weighted by Crippen LogP contribution is 2.27. The number of benzene rings is 3. The Bertz CT molecular complexity index is 1520. The Balaban J connectivity index is 0.000000525. The molecule has 244 valence electrons. The van der Waals surface area contributed by atoms with Gasteiger partial charge in [0.2, 0.25) is 10.0 Å². The first-order valence-corrected chi connectivity index (χ1v) is 17.0. The van der Waals surface area contributed by atoms with Crippen molar-refractivity contribution in [1.82, 2.24) is 5.32 Å². The molecule has 0 saturated carbocycles. The van der Waals surface area contributed by atoms with E-state index in [1.165, 1.54) is 12.1 Å². The molecule has 3 aromatic carbocycles. The molecule has 5 N–H and O–H groups in total. The molecular weight excluding hydrogens is 596 g/mol. The molecule has 11 heteroatoms. The second-order valence-corrected chi connectivity index (χ2v) is 12.5. The summed E-state index contributed by atoms with van der Waals surface area (Å²) < 4.78 is 36.6. The summed E-state index contributed by atoms with van der Waals surface area (Å²) >= 11 is 0. The van der Waals surface area contributed by atoms with E-state index in [-0.39, 0.29) is 11.4 Å². The van der Waals surface area contributed by atoms with E-state index in [1.54, 1.807) is 36.4 Å². The molecule has 0 radical (unpaired) electrons. The number of nitrogens with one attached hydrogen (secondary N) is 2. The summed E-state index contributed by atoms with van der Waals surface area (Å²) in [6.07, 6.45) is 7.44. The molecule has 4 aromatic rings. The fourth-order valence-electron chi connectivity index (χ4n) is 4.55. The van der Waals surface area contributed by atoms with Crippen molar-refractivity contribution in [1.29, 1.82) is 0 Å². The van der Waals surface area contributed by atoms with Crippen LogP contribution in [0, 0.1) is 0 Å². The Morgan fingerprint density at radius 2 is 1.58 bits per heavy atom. The van der Waals surface area contributed by atoms with Gasteiger partial charge in [0.15, 0.2) is 0 Å². The van der Waals surface area contributed by atoms with Crippen LogP contribution in [0.15, 0.2) is 83.3 Å². The van der Waals surface area contributed by atoms with Gasteiger partial charge in [-0.15, -0.1) is 0 Å². The number of fused-ring (bicyclic) bond motifs is 1. The van der Waals surface area contributed by atoms with Crippen molar-refractivity contribution in [3.8, 4) is 5.75 Å². The third-order valence-electron chi connectivity index (χ3n) is 6.89. The van der Waals surface area contributed by atoms with Crippen LogP contribution in [0.2, 0.25) is 0 Å². The third-order valence-corrected chi connectivity index (χ3v) is 7.48. The molecule has 1 aromatic heterocycles. The zero-order chi connectivity index (χ0) is 32.5. The number of aliphatic hydroxyl groups excluding tert-OH is 1. The quantitative estimate of drug-likeness (QED) is 0.0638. The molecular formula is C34H44N2O8S. The lowest BCUT2D eigenvalue weighted by Crippen LogP contribution is -2.22. The summed E-state index contributed by atoms with van der Waals surface area (Å²) in [5.74, 6) is -0.0272. The molecule has 45 heavy (non-hydrogen) atoms. The highest BCUT2D eigenvalue weighted by molar-refractivity contribution is 7.92. The molecule has 0 aliphatic rings. The van der Waals surface area contributed by atoms with Crippen LogP contribution in [0.1, 0.15) is 66.3 Å². The number of rotatable bonds is 18. The maximum Gasteiger partial charge on any atom is 0.335 e. The van der Waals surface area contributed by atoms with Gasteiger partial charge in [-0.05, 0) is 74.2 Å². The van der Waals surface area contributed by atoms with Gasteiger partial charge in [-0.2, -0.15) is 0 Å². The number of furan rings is 1. The summed E-state index contributed by atoms with van der Waals surface area (Å²) in [7, 11) is -3.52. The Labute approximate surface area is 265 Å². The average molecular weight is 641 g/mol. The molecule has 0 amide bonds. The lowest BCUT2D eigenvalue weighted by molar-refractivity contribution is 0.0696. The number of phenolic OH excluding ortho intramolecular Hbond substituents is 1. The van der Waals surface area contributed by atoms with Gasteiger partial charge < -0.3 is 29.8 Å². The maximum atomic E-state index is 11.4. The molecule has 1 heterocycles. The van der Waals surface area contributed by atoms with Crippen LogP contribution in [0.3, 0.4) is 0 Å². The molecule has 10 nitrogen and oxygen atoms in total. The minimum absolute atomic E-state index is 0.0578. The van der Waals surface area contributed by atoms with Crippen LogP contribution in [-0.4, -0.2) is 62.3 Å². The summed E-state index contributed by atoms with van der Waals surface area (Å²) in [5, 5.41) is 32.9. The number of aromatic carboxylic acids is 1. The number of anilines is 1. The minimum atomic E-state index is -3.52. The van der Waals surface area contributed by atoms with Gasteiger partial charge in [0.25, 0.3) is 0 Å². The summed E-state index contributed by atoms with van der Waals surface area (Å²) in [4.78, 5) is 10.2. The van der Waals surface area contributed by atoms with E-state index in [9.17, 15) is 23.4 Å². The zero-order valence-electron chi connectivity index (χ0n) is 25.7. The van der Waals surface area contributed by atoms with Crippen LogP contribution in [0.4, 0.5) is 5.69 Å². The van der Waals surface area contributed by atoms with Crippen molar-refractivity contribution in [3.05, 3.63) is 95.7 Å². The number of unbranched alkanes of at least 4 members (excludes halogenated alkanes) is 4. The molecule has 0 bridgehead atoms. The molecule has 0 spiro atoms. The number of aromatic hydroxyl groups is 1. The third kappa shape index (κ3) is 13.7. The van der Waals surface area contributed by atoms with Crippen LogP contribution < -0.4 is 10.0 Å². The number of carboxylic acid groups (broad SMARTS) is 1. The number of hydrogen-bond donors (Lipinski definition) is 5. The van der Waals surface area contributed by atoms with Gasteiger partial charge in [-0.25, -0.2) is 13.2 Å². The maximum absolute atomic E-state index is 11.4. The lowest BCUT2D eigenvalue weighted by Gasteiger charge is -2.14. The highest BCUT2D eigenvalue weighted by Gasteiger charge is 2.13. The molecule has 4 rings (SSSR count). The van der Waals surface area contributed by atoms with Gasteiger partial charge >= 0.3 is 5.97 Å². The molecule has 0 aliphatic carbocycles. The smallest absolute Gasteiger partial charge is 0.335 e. The van der Waals surface area contributed by atoms with Gasteiger partial charge in [0, 0.05) is 31.6 Å². The topological polar surface area (TPSA) is 158 Å². The summed E-state index contributed by atoms with van der Waals surface area (Å²) in [5.41, 5.74) is 1.87. The van der Waals surface area contributed by atoms with Crippen molar-refractivity contribution >= 4 is 32.6 Å². The second kappa shape index (κ2) is 18.8. The van der Waals surface area contributed by atoms with E-state index in [0.29, 0.717) is 17.7 Å². The van der Waals surface area contributed by atoms with E-state index in [0.717, 1.165) is 87.7 Å². The number of carboxylic acids is 1. The SMILES string of the molecule is CS(=O)(=O)Nc1cc(C(O)CNCCCCCCOCCCCc2cc3ccccc3o2)ccc1O.O=C(O)c1ccccc1. The molecule has 1 unspecified atom stereocenters. The van der Waals surface area contributed by atoms with Gasteiger partial charge in [0.05, 0.1) is 23.6 Å². The monoisotopic (exact) mass is 640 g/mol. The number of aryl methyl sites for hydroxylation is 1. The number of carbonyl (C=O) groups is 1. The van der Waals surface area contributed by atoms with E-state index < -0.39 is 22.1 Å². The number of ether oxygens (including phenoxy) is 1. The molecule has 0 fully saturated rings. The Kier molecular flexibility index (Phi) is 14.9. The first-order valence-electron chi connectivity index (χ1n) is 15.2. The standard InChI is InChI=1S/C27H38N2O6S.C7H6O2/c1-36(32,33)29-24-19-21(13-14-25(24)30)26(31)20-28-15-7-2-3-8-16-34-17-9-6-11-23-18-22-10-4-5-12-27(22)35-23;8-7(9)6-4-2-1-3-5-6/h4-5,10,12-14,18-19,26,28-31H,2-3,6-9,11,15-17,20H2,1H3;1-5H,(H,8,9). The largest absolute Gasteiger partial charge is 0.506 e. The summed E-state index contributed by atoms with van der Waals surface area (Å²) in [6.45, 7) is 2.69. The van der Waals surface area contributed by atoms with Crippen LogP contribution in [0.5, 0.6) is 5.75 Å². The fraction of sp³-hybridized carbons (Fsp3) is 0.382. The van der Waals surface area contributed by atoms with Crippen molar-refractivity contribution in [2.75, 3.05) is 37.3 Å². The highest BCUT2D eigenvalue weighted by atomic mass is 32.2. The fourth-order valence-corrected chi connectivity index (χ4v) is 5.12. The number of para-hydroxylation sites is 1. The van der Waals surface area contributed by atoms with Crippen LogP contribution in [0.25, 0.3) is 11.0 Å². The van der Waals surface area contributed by atoms with Crippen LogP contribution in [-0.2, 0) is 21.2 Å². The minimum Gasteiger partial charge on any atom is -0.506 e. The van der Waals surface area contributed by atoms with Crippen molar-refractivity contribution in [3.63, 3.8) is 0 Å². The first kappa shape index (κ1) is 35.6. The number of hydrogen-bond acceptors (Lipinski definition) is 8.